The molecule has 6 nitrogen and oxygen atoms in total. The van der Waals surface area contributed by atoms with E-state index in [2.05, 4.69) is 10.3 Å². The number of aromatic carboxylic acids is 1. The lowest BCUT2D eigenvalue weighted by atomic mass is 10.1. The Bertz CT molecular complexity index is 859. The van der Waals surface area contributed by atoms with E-state index in [4.69, 9.17) is 5.11 Å². The Morgan fingerprint density at radius 2 is 1.83 bits per heavy atom. The molecule has 0 amide bonds. The average Bonchev–Trinajstić information content (AvgIpc) is 2.99. The second kappa shape index (κ2) is 5.98. The summed E-state index contributed by atoms with van der Waals surface area (Å²) < 4.78 is 15.5. The van der Waals surface area contributed by atoms with E-state index in [9.17, 15) is 14.3 Å². The van der Waals surface area contributed by atoms with Crippen molar-refractivity contribution < 1.29 is 19.4 Å². The molecule has 2 aromatic carbocycles. The molecule has 0 atom stereocenters. The minimum atomic E-state index is -1.04. The van der Waals surface area contributed by atoms with Gasteiger partial charge in [-0.15, -0.1) is 5.10 Å². The SMILES string of the molecule is O=C(O)c1ccc(-n2nnc(CO)c2-c2ccccc2F)cc1. The van der Waals surface area contributed by atoms with Crippen LogP contribution in [0, 0.1) is 5.82 Å². The summed E-state index contributed by atoms with van der Waals surface area (Å²) in [5, 5.41) is 26.2. The Kier molecular flexibility index (Phi) is 3.86. The maximum Gasteiger partial charge on any atom is 0.335 e. The van der Waals surface area contributed by atoms with Gasteiger partial charge in [0.1, 0.15) is 17.2 Å². The number of hydrogen-bond acceptors (Lipinski definition) is 4. The predicted molar refractivity (Wildman–Crippen MR) is 79.6 cm³/mol. The lowest BCUT2D eigenvalue weighted by molar-refractivity contribution is 0.0697. The van der Waals surface area contributed by atoms with Crippen LogP contribution in [0.1, 0.15) is 16.1 Å². The summed E-state index contributed by atoms with van der Waals surface area (Å²) in [5.74, 6) is -1.51. The van der Waals surface area contributed by atoms with Gasteiger partial charge >= 0.3 is 5.97 Å². The minimum Gasteiger partial charge on any atom is -0.478 e. The molecule has 0 aliphatic carbocycles. The van der Waals surface area contributed by atoms with Gasteiger partial charge in [-0.3, -0.25) is 0 Å². The van der Waals surface area contributed by atoms with Gasteiger partial charge in [0.15, 0.2) is 0 Å². The van der Waals surface area contributed by atoms with Crippen LogP contribution < -0.4 is 0 Å². The van der Waals surface area contributed by atoms with E-state index in [1.807, 2.05) is 0 Å². The Balaban J connectivity index is 2.16. The molecule has 0 radical (unpaired) electrons. The van der Waals surface area contributed by atoms with Crippen molar-refractivity contribution in [3.63, 3.8) is 0 Å². The predicted octanol–water partition coefficient (Wildman–Crippen LogP) is 2.26. The van der Waals surface area contributed by atoms with E-state index >= 15 is 0 Å². The molecule has 0 aliphatic heterocycles. The van der Waals surface area contributed by atoms with Gasteiger partial charge in [-0.05, 0) is 36.4 Å². The molecule has 3 aromatic rings. The van der Waals surface area contributed by atoms with Crippen LogP contribution >= 0.6 is 0 Å². The van der Waals surface area contributed by atoms with Gasteiger partial charge in [0.25, 0.3) is 0 Å². The van der Waals surface area contributed by atoms with E-state index in [0.717, 1.165) is 0 Å². The third-order valence-corrected chi connectivity index (χ3v) is 3.38. The van der Waals surface area contributed by atoms with Gasteiger partial charge in [-0.25, -0.2) is 13.9 Å². The molecule has 23 heavy (non-hydrogen) atoms. The quantitative estimate of drug-likeness (QED) is 0.771. The first kappa shape index (κ1) is 14.9. The molecule has 1 heterocycles. The van der Waals surface area contributed by atoms with Crippen molar-refractivity contribution in [1.82, 2.24) is 15.0 Å². The van der Waals surface area contributed by atoms with Crippen molar-refractivity contribution in [3.8, 4) is 16.9 Å². The fraction of sp³-hybridized carbons (Fsp3) is 0.0625. The molecular formula is C16H12FN3O3. The Hall–Kier alpha value is -3.06. The maximum absolute atomic E-state index is 14.1. The number of hydrogen-bond donors (Lipinski definition) is 2. The number of nitrogens with zero attached hydrogens (tertiary/aromatic N) is 3. The number of halogens is 1. The highest BCUT2D eigenvalue weighted by Gasteiger charge is 2.18. The van der Waals surface area contributed by atoms with E-state index in [-0.39, 0.29) is 16.8 Å². The monoisotopic (exact) mass is 313 g/mol. The van der Waals surface area contributed by atoms with Gasteiger partial charge in [0, 0.05) is 5.56 Å². The summed E-state index contributed by atoms with van der Waals surface area (Å²) in [6, 6.07) is 12.0. The third kappa shape index (κ3) is 2.69. The Morgan fingerprint density at radius 3 is 2.43 bits per heavy atom. The molecule has 0 saturated carbocycles. The maximum atomic E-state index is 14.1. The molecule has 0 spiro atoms. The van der Waals surface area contributed by atoms with Crippen LogP contribution in [0.3, 0.4) is 0 Å². The molecule has 0 aliphatic rings. The van der Waals surface area contributed by atoms with Gasteiger partial charge in [-0.2, -0.15) is 0 Å². The van der Waals surface area contributed by atoms with Crippen LogP contribution in [-0.4, -0.2) is 31.2 Å². The summed E-state index contributed by atoms with van der Waals surface area (Å²) >= 11 is 0. The second-order valence-corrected chi connectivity index (χ2v) is 4.79. The molecule has 2 N–H and O–H groups in total. The fourth-order valence-electron chi connectivity index (χ4n) is 2.27. The van der Waals surface area contributed by atoms with Crippen LogP contribution in [0.2, 0.25) is 0 Å². The number of aromatic nitrogens is 3. The Morgan fingerprint density at radius 1 is 1.13 bits per heavy atom. The van der Waals surface area contributed by atoms with Gasteiger partial charge in [0.2, 0.25) is 0 Å². The van der Waals surface area contributed by atoms with E-state index < -0.39 is 18.4 Å². The average molecular weight is 313 g/mol. The third-order valence-electron chi connectivity index (χ3n) is 3.38. The van der Waals surface area contributed by atoms with Crippen molar-refractivity contribution >= 4 is 5.97 Å². The van der Waals surface area contributed by atoms with Crippen molar-refractivity contribution in [2.45, 2.75) is 6.61 Å². The number of aliphatic hydroxyl groups is 1. The van der Waals surface area contributed by atoms with Crippen molar-refractivity contribution in [1.29, 1.82) is 0 Å². The molecule has 116 valence electrons. The molecule has 3 rings (SSSR count). The summed E-state index contributed by atoms with van der Waals surface area (Å²) in [4.78, 5) is 10.9. The van der Waals surface area contributed by atoms with Crippen LogP contribution in [0.4, 0.5) is 4.39 Å². The smallest absolute Gasteiger partial charge is 0.335 e. The highest BCUT2D eigenvalue weighted by atomic mass is 19.1. The fourth-order valence-corrected chi connectivity index (χ4v) is 2.27. The first-order chi connectivity index (χ1) is 11.1. The molecule has 1 aromatic heterocycles. The second-order valence-electron chi connectivity index (χ2n) is 4.79. The lowest BCUT2D eigenvalue weighted by Gasteiger charge is -2.09. The topological polar surface area (TPSA) is 88.2 Å². The van der Waals surface area contributed by atoms with Crippen molar-refractivity contribution in [3.05, 3.63) is 65.6 Å². The summed E-state index contributed by atoms with van der Waals surface area (Å²) in [6.45, 7) is -0.392. The van der Waals surface area contributed by atoms with E-state index in [1.165, 1.54) is 22.9 Å². The largest absolute Gasteiger partial charge is 0.478 e. The highest BCUT2D eigenvalue weighted by Crippen LogP contribution is 2.27. The van der Waals surface area contributed by atoms with Crippen LogP contribution in [-0.2, 0) is 6.61 Å². The number of rotatable bonds is 4. The van der Waals surface area contributed by atoms with Crippen LogP contribution in [0.15, 0.2) is 48.5 Å². The zero-order valence-electron chi connectivity index (χ0n) is 11.8. The molecule has 0 fully saturated rings. The van der Waals surface area contributed by atoms with E-state index in [1.54, 1.807) is 30.3 Å². The zero-order chi connectivity index (χ0) is 16.4. The number of benzene rings is 2. The van der Waals surface area contributed by atoms with Crippen LogP contribution in [0.5, 0.6) is 0 Å². The molecule has 0 unspecified atom stereocenters. The van der Waals surface area contributed by atoms with Crippen LogP contribution in [0.25, 0.3) is 16.9 Å². The zero-order valence-corrected chi connectivity index (χ0v) is 11.8. The first-order valence-electron chi connectivity index (χ1n) is 6.76. The molecule has 7 heteroatoms. The van der Waals surface area contributed by atoms with Gasteiger partial charge in [0.05, 0.1) is 17.9 Å². The van der Waals surface area contributed by atoms with Crippen molar-refractivity contribution in [2.75, 3.05) is 0 Å². The minimum absolute atomic E-state index is 0.128. The number of carboxylic acids is 1. The molecular weight excluding hydrogens is 301 g/mol. The molecule has 0 saturated heterocycles. The first-order valence-corrected chi connectivity index (χ1v) is 6.76. The lowest BCUT2D eigenvalue weighted by Crippen LogP contribution is -2.03. The Labute approximate surface area is 130 Å². The number of carbonyl (C=O) groups is 1. The molecule has 0 bridgehead atoms. The van der Waals surface area contributed by atoms with Gasteiger partial charge < -0.3 is 10.2 Å². The summed E-state index contributed by atoms with van der Waals surface area (Å²) in [5.41, 5.74) is 1.46. The normalized spacial score (nSPS) is 10.7. The standard InChI is InChI=1S/C16H12FN3O3/c17-13-4-2-1-3-12(13)15-14(9-21)18-19-20(15)11-7-5-10(6-8-11)16(22)23/h1-8,21H,9H2,(H,22,23). The number of carboxylic acid groups (broad SMARTS) is 1. The summed E-state index contributed by atoms with van der Waals surface area (Å²) in [7, 11) is 0. The number of aliphatic hydroxyl groups excluding tert-OH is 1. The summed E-state index contributed by atoms with van der Waals surface area (Å²) in [6.07, 6.45) is 0. The van der Waals surface area contributed by atoms with Crippen molar-refractivity contribution in [2.24, 2.45) is 0 Å². The highest BCUT2D eigenvalue weighted by molar-refractivity contribution is 5.87. The van der Waals surface area contributed by atoms with Gasteiger partial charge in [-0.1, -0.05) is 17.3 Å². The van der Waals surface area contributed by atoms with E-state index in [0.29, 0.717) is 11.4 Å².